The van der Waals surface area contributed by atoms with Crippen LogP contribution in [0.25, 0.3) is 0 Å². The first-order valence-electron chi connectivity index (χ1n) is 6.12. The summed E-state index contributed by atoms with van der Waals surface area (Å²) in [7, 11) is 0. The van der Waals surface area contributed by atoms with E-state index in [1.54, 1.807) is 12.5 Å². The van der Waals surface area contributed by atoms with Crippen LogP contribution >= 0.6 is 0 Å². The van der Waals surface area contributed by atoms with E-state index < -0.39 is 6.10 Å². The number of rotatable bonds is 4. The number of aliphatic hydroxyl groups is 1. The molecule has 1 aliphatic carbocycles. The van der Waals surface area contributed by atoms with E-state index in [9.17, 15) is 5.11 Å². The zero-order valence-electron chi connectivity index (χ0n) is 9.67. The summed E-state index contributed by atoms with van der Waals surface area (Å²) >= 11 is 0. The number of benzene rings is 1. The molecule has 1 atom stereocenters. The highest BCUT2D eigenvalue weighted by atomic mass is 16.3. The van der Waals surface area contributed by atoms with Gasteiger partial charge in [0.1, 0.15) is 0 Å². The number of furan rings is 1. The van der Waals surface area contributed by atoms with E-state index in [-0.39, 0.29) is 0 Å². The first-order valence-corrected chi connectivity index (χ1v) is 6.12. The van der Waals surface area contributed by atoms with Crippen LogP contribution in [0.4, 0.5) is 0 Å². The molecule has 0 aliphatic heterocycles. The maximum atomic E-state index is 10.3. The molecule has 1 heterocycles. The highest BCUT2D eigenvalue weighted by molar-refractivity contribution is 5.35. The molecule has 2 nitrogen and oxygen atoms in total. The third-order valence-corrected chi connectivity index (χ3v) is 3.38. The predicted molar refractivity (Wildman–Crippen MR) is 65.8 cm³/mol. The lowest BCUT2D eigenvalue weighted by Crippen LogP contribution is -2.04. The van der Waals surface area contributed by atoms with Crippen LogP contribution in [0.3, 0.4) is 0 Å². The molecule has 2 aromatic rings. The van der Waals surface area contributed by atoms with Gasteiger partial charge in [0.2, 0.25) is 0 Å². The van der Waals surface area contributed by atoms with Gasteiger partial charge in [-0.1, -0.05) is 24.3 Å². The Morgan fingerprint density at radius 1 is 1.24 bits per heavy atom. The fraction of sp³-hybridized carbons (Fsp3) is 0.333. The van der Waals surface area contributed by atoms with Crippen LogP contribution < -0.4 is 0 Å². The molecule has 0 bridgehead atoms. The van der Waals surface area contributed by atoms with E-state index in [0.717, 1.165) is 11.1 Å². The van der Waals surface area contributed by atoms with Crippen LogP contribution in [0.15, 0.2) is 47.3 Å². The maximum Gasteiger partial charge on any atom is 0.0935 e. The van der Waals surface area contributed by atoms with Crippen molar-refractivity contribution in [3.05, 3.63) is 59.5 Å². The van der Waals surface area contributed by atoms with Gasteiger partial charge in [0, 0.05) is 6.42 Å². The minimum absolute atomic E-state index is 0.426. The summed E-state index contributed by atoms with van der Waals surface area (Å²) in [5.41, 5.74) is 3.45. The molecule has 0 radical (unpaired) electrons. The van der Waals surface area contributed by atoms with E-state index in [1.165, 1.54) is 18.4 Å². The van der Waals surface area contributed by atoms with Crippen molar-refractivity contribution in [3.8, 4) is 0 Å². The molecule has 0 amide bonds. The molecule has 1 aromatic carbocycles. The molecule has 1 aromatic heterocycles. The van der Waals surface area contributed by atoms with Crippen molar-refractivity contribution in [3.63, 3.8) is 0 Å². The lowest BCUT2D eigenvalue weighted by molar-refractivity contribution is 0.177. The SMILES string of the molecule is OC(Cc1ccoc1)c1ccccc1C1CC1. The Balaban J connectivity index is 1.83. The molecule has 0 saturated heterocycles. The van der Waals surface area contributed by atoms with Crippen LogP contribution in [-0.4, -0.2) is 5.11 Å². The van der Waals surface area contributed by atoms with E-state index in [2.05, 4.69) is 12.1 Å². The molecular formula is C15H16O2. The zero-order valence-corrected chi connectivity index (χ0v) is 9.67. The Morgan fingerprint density at radius 3 is 2.76 bits per heavy atom. The van der Waals surface area contributed by atoms with Gasteiger partial charge in [-0.3, -0.25) is 0 Å². The third kappa shape index (κ3) is 2.27. The highest BCUT2D eigenvalue weighted by Gasteiger charge is 2.27. The normalized spacial score (nSPS) is 17.0. The summed E-state index contributed by atoms with van der Waals surface area (Å²) in [5, 5.41) is 10.3. The van der Waals surface area contributed by atoms with Gasteiger partial charge in [-0.2, -0.15) is 0 Å². The lowest BCUT2D eigenvalue weighted by Gasteiger charge is -2.14. The maximum absolute atomic E-state index is 10.3. The molecule has 88 valence electrons. The summed E-state index contributed by atoms with van der Waals surface area (Å²) in [5.74, 6) is 0.671. The molecule has 1 N–H and O–H groups in total. The van der Waals surface area contributed by atoms with Crippen molar-refractivity contribution in [2.24, 2.45) is 0 Å². The second-order valence-electron chi connectivity index (χ2n) is 4.75. The summed E-state index contributed by atoms with van der Waals surface area (Å²) in [6, 6.07) is 10.1. The van der Waals surface area contributed by atoms with Crippen molar-refractivity contribution in [2.45, 2.75) is 31.3 Å². The summed E-state index contributed by atoms with van der Waals surface area (Å²) in [6.07, 6.45) is 6.06. The molecular weight excluding hydrogens is 212 g/mol. The van der Waals surface area contributed by atoms with Gasteiger partial charge in [-0.05, 0) is 41.5 Å². The summed E-state index contributed by atoms with van der Waals surface area (Å²) in [4.78, 5) is 0. The number of aliphatic hydroxyl groups excluding tert-OH is 1. The van der Waals surface area contributed by atoms with Gasteiger partial charge in [-0.25, -0.2) is 0 Å². The van der Waals surface area contributed by atoms with Gasteiger partial charge in [0.05, 0.1) is 18.6 Å². The first-order chi connectivity index (χ1) is 8.34. The molecule has 1 unspecified atom stereocenters. The Labute approximate surface area is 101 Å². The van der Waals surface area contributed by atoms with Gasteiger partial charge in [0.25, 0.3) is 0 Å². The highest BCUT2D eigenvalue weighted by Crippen LogP contribution is 2.43. The lowest BCUT2D eigenvalue weighted by atomic mass is 9.95. The smallest absolute Gasteiger partial charge is 0.0935 e. The van der Waals surface area contributed by atoms with E-state index >= 15 is 0 Å². The van der Waals surface area contributed by atoms with Gasteiger partial charge >= 0.3 is 0 Å². The molecule has 0 spiro atoms. The molecule has 1 saturated carbocycles. The van der Waals surface area contributed by atoms with E-state index in [4.69, 9.17) is 4.42 Å². The minimum Gasteiger partial charge on any atom is -0.472 e. The van der Waals surface area contributed by atoms with Crippen LogP contribution in [0, 0.1) is 0 Å². The van der Waals surface area contributed by atoms with E-state index in [0.29, 0.717) is 12.3 Å². The Kier molecular flexibility index (Phi) is 2.73. The van der Waals surface area contributed by atoms with Crippen LogP contribution in [0.5, 0.6) is 0 Å². The Hall–Kier alpha value is -1.54. The fourth-order valence-corrected chi connectivity index (χ4v) is 2.32. The van der Waals surface area contributed by atoms with Crippen LogP contribution in [0.2, 0.25) is 0 Å². The topological polar surface area (TPSA) is 33.4 Å². The number of hydrogen-bond donors (Lipinski definition) is 1. The Bertz CT molecular complexity index is 483. The molecule has 3 rings (SSSR count). The van der Waals surface area contributed by atoms with Gasteiger partial charge < -0.3 is 9.52 Å². The second-order valence-corrected chi connectivity index (χ2v) is 4.75. The predicted octanol–water partition coefficient (Wildman–Crippen LogP) is 3.43. The zero-order chi connectivity index (χ0) is 11.7. The van der Waals surface area contributed by atoms with Crippen molar-refractivity contribution >= 4 is 0 Å². The molecule has 17 heavy (non-hydrogen) atoms. The fourth-order valence-electron chi connectivity index (χ4n) is 2.32. The Morgan fingerprint density at radius 2 is 2.06 bits per heavy atom. The third-order valence-electron chi connectivity index (χ3n) is 3.38. The first kappa shape index (κ1) is 10.6. The average Bonchev–Trinajstić information content (AvgIpc) is 3.08. The molecule has 2 heteroatoms. The van der Waals surface area contributed by atoms with Crippen molar-refractivity contribution in [1.82, 2.24) is 0 Å². The molecule has 1 fully saturated rings. The summed E-state index contributed by atoms with van der Waals surface area (Å²) in [6.45, 7) is 0. The quantitative estimate of drug-likeness (QED) is 0.869. The molecule has 1 aliphatic rings. The average molecular weight is 228 g/mol. The van der Waals surface area contributed by atoms with Crippen molar-refractivity contribution in [1.29, 1.82) is 0 Å². The van der Waals surface area contributed by atoms with Gasteiger partial charge in [0.15, 0.2) is 0 Å². The standard InChI is InChI=1S/C15H16O2/c16-15(9-11-7-8-17-10-11)14-4-2-1-3-13(14)12-5-6-12/h1-4,7-8,10,12,15-16H,5-6,9H2. The second kappa shape index (κ2) is 4.38. The van der Waals surface area contributed by atoms with E-state index in [1.807, 2.05) is 18.2 Å². The minimum atomic E-state index is -0.426. The monoisotopic (exact) mass is 228 g/mol. The van der Waals surface area contributed by atoms with Crippen LogP contribution in [-0.2, 0) is 6.42 Å². The van der Waals surface area contributed by atoms with Crippen LogP contribution in [0.1, 0.15) is 41.6 Å². The van der Waals surface area contributed by atoms with Crippen molar-refractivity contribution in [2.75, 3.05) is 0 Å². The summed E-state index contributed by atoms with van der Waals surface area (Å²) < 4.78 is 5.03. The van der Waals surface area contributed by atoms with Gasteiger partial charge in [-0.15, -0.1) is 0 Å². The van der Waals surface area contributed by atoms with Crippen molar-refractivity contribution < 1.29 is 9.52 Å². The largest absolute Gasteiger partial charge is 0.472 e. The number of hydrogen-bond acceptors (Lipinski definition) is 2.